The molecule has 0 atom stereocenters. The molecular weight excluding hydrogens is 733 g/mol. The monoisotopic (exact) mass is 823 g/mol. The normalized spacial score (nSPS) is 8.03. The molecule has 0 bridgehead atoms. The number of benzene rings is 7. The average molecular weight is 823 g/mol. The fourth-order valence-corrected chi connectivity index (χ4v) is 4.88. The van der Waals surface area contributed by atoms with Gasteiger partial charge < -0.3 is 0 Å². The summed E-state index contributed by atoms with van der Waals surface area (Å²) in [5.74, 6) is 0. The number of hydrogen-bond donors (Lipinski definition) is 0. The minimum Gasteiger partial charge on any atom is -0.0776 e. The second-order valence-electron chi connectivity index (χ2n) is 11.3. The summed E-state index contributed by atoms with van der Waals surface area (Å²) in [7, 11) is 0. The molecule has 0 saturated heterocycles. The lowest BCUT2D eigenvalue weighted by Crippen LogP contribution is -1.80. The Kier molecular flexibility index (Phi) is 51.9. The van der Waals surface area contributed by atoms with Gasteiger partial charge in [0.25, 0.3) is 0 Å². The summed E-state index contributed by atoms with van der Waals surface area (Å²) < 4.78 is 0. The van der Waals surface area contributed by atoms with Crippen LogP contribution in [0.2, 0.25) is 0 Å². The van der Waals surface area contributed by atoms with Crippen LogP contribution in [0, 0.1) is 27.7 Å². The molecule has 7 aromatic rings. The van der Waals surface area contributed by atoms with E-state index in [1.54, 1.807) is 0 Å². The second-order valence-corrected chi connectivity index (χ2v) is 11.3. The second kappa shape index (κ2) is 48.9. The highest BCUT2D eigenvalue weighted by atomic mass is 14.0. The van der Waals surface area contributed by atoms with Gasteiger partial charge in [-0.05, 0) is 66.6 Å². The van der Waals surface area contributed by atoms with Crippen LogP contribution < -0.4 is 0 Å². The van der Waals surface area contributed by atoms with E-state index in [-0.39, 0.29) is 7.43 Å². The maximum absolute atomic E-state index is 2.20. The molecule has 334 valence electrons. The van der Waals surface area contributed by atoms with Gasteiger partial charge in [-0.1, -0.05) is 315 Å². The lowest BCUT2D eigenvalue weighted by molar-refractivity contribution is 1.46. The Labute approximate surface area is 380 Å². The maximum atomic E-state index is 2.20. The molecule has 0 aliphatic rings. The van der Waals surface area contributed by atoms with Crippen LogP contribution in [0.25, 0.3) is 33.4 Å². The Balaban J connectivity index is -0.000000210. The largest absolute Gasteiger partial charge is 0.0776 e. The predicted octanol–water partition coefficient (Wildman–Crippen LogP) is 20.8. The molecule has 0 amide bonds. The average Bonchev–Trinajstić information content (AvgIpc) is 3.36. The van der Waals surface area contributed by atoms with Crippen LogP contribution in [0.3, 0.4) is 0 Å². The topological polar surface area (TPSA) is 0 Å². The van der Waals surface area contributed by atoms with Crippen LogP contribution in [0.4, 0.5) is 0 Å². The van der Waals surface area contributed by atoms with E-state index in [9.17, 15) is 0 Å². The first-order chi connectivity index (χ1) is 29.5. The van der Waals surface area contributed by atoms with Gasteiger partial charge in [0.05, 0.1) is 0 Å². The fourth-order valence-electron chi connectivity index (χ4n) is 4.88. The molecule has 0 nitrogen and oxygen atoms in total. The summed E-state index contributed by atoms with van der Waals surface area (Å²) >= 11 is 0. The third-order valence-electron chi connectivity index (χ3n) is 7.45. The highest BCUT2D eigenvalue weighted by Crippen LogP contribution is 2.22. The van der Waals surface area contributed by atoms with Crippen molar-refractivity contribution in [2.24, 2.45) is 0 Å². The van der Waals surface area contributed by atoms with Gasteiger partial charge in [0.2, 0.25) is 0 Å². The van der Waals surface area contributed by atoms with Gasteiger partial charge in [0.15, 0.2) is 0 Å². The van der Waals surface area contributed by atoms with E-state index in [1.165, 1.54) is 55.6 Å². The van der Waals surface area contributed by atoms with E-state index in [1.807, 2.05) is 133 Å². The van der Waals surface area contributed by atoms with Crippen molar-refractivity contribution in [1.29, 1.82) is 0 Å². The number of hydrogen-bond acceptors (Lipinski definition) is 0. The summed E-state index contributed by atoms with van der Waals surface area (Å²) in [6.45, 7) is 36.4. The zero-order chi connectivity index (χ0) is 46.4. The molecule has 0 aliphatic carbocycles. The van der Waals surface area contributed by atoms with Gasteiger partial charge in [-0.25, -0.2) is 0 Å². The molecule has 0 heteroatoms. The van der Waals surface area contributed by atoms with Crippen LogP contribution >= 0.6 is 0 Å². The Morgan fingerprint density at radius 2 is 0.492 bits per heavy atom. The molecule has 0 aromatic heterocycles. The molecular formula is C61H90. The molecule has 0 aliphatic heterocycles. The summed E-state index contributed by atoms with van der Waals surface area (Å²) in [6.07, 6.45) is 0. The van der Waals surface area contributed by atoms with Gasteiger partial charge in [-0.3, -0.25) is 0 Å². The van der Waals surface area contributed by atoms with Crippen molar-refractivity contribution in [3.05, 3.63) is 216 Å². The van der Waals surface area contributed by atoms with Crippen molar-refractivity contribution < 1.29 is 0 Å². The van der Waals surface area contributed by atoms with Crippen molar-refractivity contribution in [3.8, 4) is 33.4 Å². The predicted molar refractivity (Wildman–Crippen MR) is 287 cm³/mol. The quantitative estimate of drug-likeness (QED) is 0.167. The van der Waals surface area contributed by atoms with Gasteiger partial charge in [0.1, 0.15) is 0 Å². The third-order valence-corrected chi connectivity index (χ3v) is 7.45. The first-order valence-electron chi connectivity index (χ1n) is 22.9. The maximum Gasteiger partial charge on any atom is -0.0155 e. The van der Waals surface area contributed by atoms with E-state index < -0.39 is 0 Å². The molecule has 61 heavy (non-hydrogen) atoms. The summed E-state index contributed by atoms with van der Waals surface area (Å²) in [6, 6.07) is 67.2. The lowest BCUT2D eigenvalue weighted by Gasteiger charge is -2.04. The molecule has 0 N–H and O–H groups in total. The summed E-state index contributed by atoms with van der Waals surface area (Å²) in [5.41, 5.74) is 13.0. The van der Waals surface area contributed by atoms with Crippen molar-refractivity contribution >= 4 is 0 Å². The van der Waals surface area contributed by atoms with E-state index >= 15 is 0 Å². The van der Waals surface area contributed by atoms with Crippen LogP contribution in [0.1, 0.15) is 127 Å². The van der Waals surface area contributed by atoms with Crippen molar-refractivity contribution in [2.45, 2.75) is 132 Å². The van der Waals surface area contributed by atoms with E-state index in [0.717, 1.165) is 0 Å². The Hall–Kier alpha value is -5.46. The van der Waals surface area contributed by atoms with E-state index in [4.69, 9.17) is 0 Å². The van der Waals surface area contributed by atoms with Crippen molar-refractivity contribution in [3.63, 3.8) is 0 Å². The molecule has 0 saturated carbocycles. The lowest BCUT2D eigenvalue weighted by atomic mass is 10.0. The Bertz CT molecular complexity index is 1820. The third kappa shape index (κ3) is 31.1. The van der Waals surface area contributed by atoms with Crippen LogP contribution in [0.15, 0.2) is 194 Å². The first kappa shape index (κ1) is 64.7. The van der Waals surface area contributed by atoms with Gasteiger partial charge in [-0.15, -0.1) is 0 Å². The minimum atomic E-state index is 0. The molecule has 0 heterocycles. The minimum absolute atomic E-state index is 0. The smallest absolute Gasteiger partial charge is 0.0155 e. The zero-order valence-electron chi connectivity index (χ0n) is 41.5. The molecule has 0 radical (unpaired) electrons. The van der Waals surface area contributed by atoms with Crippen molar-refractivity contribution in [2.75, 3.05) is 0 Å². The van der Waals surface area contributed by atoms with Gasteiger partial charge in [0, 0.05) is 0 Å². The van der Waals surface area contributed by atoms with E-state index in [0.29, 0.717) is 0 Å². The van der Waals surface area contributed by atoms with Crippen LogP contribution in [-0.4, -0.2) is 0 Å². The fraction of sp³-hybridized carbons (Fsp3) is 0.311. The number of aryl methyl sites for hydroxylation is 4. The highest BCUT2D eigenvalue weighted by Gasteiger charge is 1.98. The SMILES string of the molecule is C.CC.CC.CC.CC.CC.CC.CC.Cc1ccc(-c2ccccc2)cc1.Cc1cccc(-c2ccccc2)c1.Cc1ccccc1.Cc1ccccc1-c1ccccc1. The number of rotatable bonds is 3. The van der Waals surface area contributed by atoms with Crippen LogP contribution in [-0.2, 0) is 0 Å². The molecule has 7 aromatic carbocycles. The van der Waals surface area contributed by atoms with E-state index in [2.05, 4.69) is 185 Å². The molecule has 7 rings (SSSR count). The molecule has 0 fully saturated rings. The van der Waals surface area contributed by atoms with Gasteiger partial charge >= 0.3 is 0 Å². The first-order valence-corrected chi connectivity index (χ1v) is 22.9. The molecule has 0 spiro atoms. The standard InChI is InChI=1S/3C13H12.C7H8.7C2H6.CH4/c1-11-7-5-6-10-13(11)12-8-3-2-4-9-12;1-11-6-5-9-13(10-11)12-7-3-2-4-8-12;1-11-7-9-13(10-8-11)12-5-3-2-4-6-12;1-7-5-3-2-4-6-7;7*1-2;/h3*2-10H,1H3;2-6H,1H3;7*1-2H3;1H4. The zero-order valence-corrected chi connectivity index (χ0v) is 41.5. The summed E-state index contributed by atoms with van der Waals surface area (Å²) in [4.78, 5) is 0. The summed E-state index contributed by atoms with van der Waals surface area (Å²) in [5, 5.41) is 0. The van der Waals surface area contributed by atoms with Gasteiger partial charge in [-0.2, -0.15) is 0 Å². The Morgan fingerprint density at radius 3 is 0.852 bits per heavy atom. The Morgan fingerprint density at radius 1 is 0.213 bits per heavy atom. The van der Waals surface area contributed by atoms with Crippen molar-refractivity contribution in [1.82, 2.24) is 0 Å². The highest BCUT2D eigenvalue weighted by molar-refractivity contribution is 5.67. The van der Waals surface area contributed by atoms with Crippen LogP contribution in [0.5, 0.6) is 0 Å². The molecule has 0 unspecified atom stereocenters.